The molecule has 31 heavy (non-hydrogen) atoms. The van der Waals surface area contributed by atoms with Crippen molar-refractivity contribution < 1.29 is 19.7 Å². The van der Waals surface area contributed by atoms with Gasteiger partial charge in [-0.3, -0.25) is 4.79 Å². The lowest BCUT2D eigenvalue weighted by Gasteiger charge is -2.42. The smallest absolute Gasteiger partial charge is 0.306 e. The molecule has 0 amide bonds. The highest BCUT2D eigenvalue weighted by Gasteiger charge is 2.38. The van der Waals surface area contributed by atoms with Crippen molar-refractivity contribution in [2.45, 2.75) is 71.0 Å². The molecule has 1 fully saturated rings. The molecule has 0 unspecified atom stereocenters. The van der Waals surface area contributed by atoms with Crippen molar-refractivity contribution in [2.24, 2.45) is 23.7 Å². The summed E-state index contributed by atoms with van der Waals surface area (Å²) in [5.41, 5.74) is 2.73. The number of hydrogen-bond acceptors (Lipinski definition) is 4. The zero-order valence-electron chi connectivity index (χ0n) is 19.0. The Morgan fingerprint density at radius 3 is 2.55 bits per heavy atom. The number of hydrogen-bond donors (Lipinski definition) is 2. The molecular formula is C27H38O4. The second kappa shape index (κ2) is 11.6. The van der Waals surface area contributed by atoms with Gasteiger partial charge in [0.25, 0.3) is 0 Å². The topological polar surface area (TPSA) is 66.8 Å². The first-order valence-corrected chi connectivity index (χ1v) is 11.9. The number of fused-ring (bicyclic) bond motifs is 1. The molecule has 170 valence electrons. The van der Waals surface area contributed by atoms with Gasteiger partial charge < -0.3 is 14.9 Å². The maximum absolute atomic E-state index is 11.6. The first-order valence-electron chi connectivity index (χ1n) is 11.9. The summed E-state index contributed by atoms with van der Waals surface area (Å²) >= 11 is 0. The summed E-state index contributed by atoms with van der Waals surface area (Å²) in [6.07, 6.45) is 14.0. The van der Waals surface area contributed by atoms with E-state index >= 15 is 0 Å². The second-order valence-corrected chi connectivity index (χ2v) is 9.46. The van der Waals surface area contributed by atoms with Crippen molar-refractivity contribution in [1.29, 1.82) is 0 Å². The molecule has 2 aliphatic carbocycles. The molecule has 4 heteroatoms. The van der Waals surface area contributed by atoms with E-state index in [-0.39, 0.29) is 24.6 Å². The Labute approximate surface area is 187 Å². The van der Waals surface area contributed by atoms with Crippen LogP contribution in [0.2, 0.25) is 0 Å². The molecular weight excluding hydrogens is 388 g/mol. The van der Waals surface area contributed by atoms with E-state index in [9.17, 15) is 15.0 Å². The van der Waals surface area contributed by atoms with Crippen LogP contribution < -0.4 is 0 Å². The number of esters is 1. The maximum Gasteiger partial charge on any atom is 0.306 e. The molecule has 1 aromatic carbocycles. The van der Waals surface area contributed by atoms with Gasteiger partial charge in [0.05, 0.1) is 12.2 Å². The zero-order chi connectivity index (χ0) is 22.2. The van der Waals surface area contributed by atoms with Gasteiger partial charge in [0.2, 0.25) is 0 Å². The van der Waals surface area contributed by atoms with E-state index in [0.717, 1.165) is 38.5 Å². The van der Waals surface area contributed by atoms with Crippen LogP contribution in [0.5, 0.6) is 0 Å². The van der Waals surface area contributed by atoms with Gasteiger partial charge in [-0.25, -0.2) is 0 Å². The fraction of sp³-hybridized carbons (Fsp3) is 0.593. The van der Waals surface area contributed by atoms with Crippen LogP contribution in [0.25, 0.3) is 0 Å². The fourth-order valence-electron chi connectivity index (χ4n) is 4.96. The highest BCUT2D eigenvalue weighted by molar-refractivity contribution is 5.69. The van der Waals surface area contributed by atoms with E-state index in [4.69, 9.17) is 4.74 Å². The normalized spacial score (nSPS) is 24.6. The Hall–Kier alpha value is -1.91. The third kappa shape index (κ3) is 6.78. The number of allylic oxidation sites excluding steroid dienone is 3. The molecule has 0 heterocycles. The summed E-state index contributed by atoms with van der Waals surface area (Å²) in [4.78, 5) is 11.6. The van der Waals surface area contributed by atoms with E-state index < -0.39 is 6.10 Å². The molecule has 0 bridgehead atoms. The molecule has 0 saturated heterocycles. The van der Waals surface area contributed by atoms with E-state index in [1.54, 1.807) is 0 Å². The van der Waals surface area contributed by atoms with Gasteiger partial charge in [-0.05, 0) is 87.2 Å². The van der Waals surface area contributed by atoms with Crippen LogP contribution in [0.4, 0.5) is 0 Å². The number of carbonyl (C=O) groups is 1. The summed E-state index contributed by atoms with van der Waals surface area (Å²) in [7, 11) is 0. The third-order valence-electron chi connectivity index (χ3n) is 6.78. The first kappa shape index (κ1) is 23.7. The third-order valence-corrected chi connectivity index (χ3v) is 6.78. The number of aliphatic hydroxyl groups excluding tert-OH is 2. The summed E-state index contributed by atoms with van der Waals surface area (Å²) in [5.74, 6) is 1.32. The number of carbonyl (C=O) groups excluding carboxylic acids is 1. The van der Waals surface area contributed by atoms with Gasteiger partial charge >= 0.3 is 5.97 Å². The molecule has 4 nitrogen and oxygen atoms in total. The summed E-state index contributed by atoms with van der Waals surface area (Å²) in [6, 6.07) is 8.48. The van der Waals surface area contributed by atoms with Gasteiger partial charge in [0.15, 0.2) is 0 Å². The van der Waals surface area contributed by atoms with Crippen molar-refractivity contribution in [3.63, 3.8) is 0 Å². The van der Waals surface area contributed by atoms with Gasteiger partial charge in [-0.15, -0.1) is 0 Å². The van der Waals surface area contributed by atoms with Crippen molar-refractivity contribution in [3.05, 3.63) is 59.7 Å². The lowest BCUT2D eigenvalue weighted by molar-refractivity contribution is -0.147. The van der Waals surface area contributed by atoms with E-state index in [0.29, 0.717) is 24.2 Å². The number of unbranched alkanes of at least 4 members (excludes halogenated alkanes) is 1. The highest BCUT2D eigenvalue weighted by atomic mass is 16.5. The van der Waals surface area contributed by atoms with E-state index in [1.807, 2.05) is 19.9 Å². The van der Waals surface area contributed by atoms with Gasteiger partial charge in [-0.1, -0.05) is 48.6 Å². The molecule has 0 spiro atoms. The Morgan fingerprint density at radius 1 is 1.19 bits per heavy atom. The van der Waals surface area contributed by atoms with E-state index in [2.05, 4.69) is 42.5 Å². The summed E-state index contributed by atoms with van der Waals surface area (Å²) in [6.45, 7) is 3.96. The Morgan fingerprint density at radius 2 is 1.90 bits per heavy atom. The first-order chi connectivity index (χ1) is 15.0. The summed E-state index contributed by atoms with van der Waals surface area (Å²) in [5, 5.41) is 20.3. The molecule has 3 rings (SSSR count). The molecule has 2 N–H and O–H groups in total. The van der Waals surface area contributed by atoms with Gasteiger partial charge in [-0.2, -0.15) is 0 Å². The van der Waals surface area contributed by atoms with Crippen molar-refractivity contribution >= 4 is 5.97 Å². The maximum atomic E-state index is 11.6. The van der Waals surface area contributed by atoms with Crippen LogP contribution in [0, 0.1) is 23.7 Å². The quantitative estimate of drug-likeness (QED) is 0.308. The molecule has 4 atom stereocenters. The molecule has 0 aromatic heterocycles. The number of benzene rings is 1. The second-order valence-electron chi connectivity index (χ2n) is 9.46. The van der Waals surface area contributed by atoms with Crippen molar-refractivity contribution in [3.8, 4) is 0 Å². The number of ether oxygens (including phenoxy) is 1. The number of rotatable bonds is 11. The highest BCUT2D eigenvalue weighted by Crippen LogP contribution is 2.44. The molecule has 1 saturated carbocycles. The summed E-state index contributed by atoms with van der Waals surface area (Å²) < 4.78 is 5.15. The monoisotopic (exact) mass is 426 g/mol. The van der Waals surface area contributed by atoms with Crippen LogP contribution in [0.3, 0.4) is 0 Å². The predicted molar refractivity (Wildman–Crippen MR) is 123 cm³/mol. The van der Waals surface area contributed by atoms with E-state index in [1.165, 1.54) is 11.1 Å². The predicted octanol–water partition coefficient (Wildman–Crippen LogP) is 4.63. The van der Waals surface area contributed by atoms with Crippen LogP contribution in [-0.4, -0.2) is 35.0 Å². The van der Waals surface area contributed by atoms with Crippen LogP contribution in [0.1, 0.15) is 57.1 Å². The Kier molecular flexibility index (Phi) is 8.91. The molecule has 2 aliphatic rings. The van der Waals surface area contributed by atoms with Gasteiger partial charge in [0, 0.05) is 13.0 Å². The molecule has 1 aromatic rings. The fourth-order valence-corrected chi connectivity index (χ4v) is 4.96. The van der Waals surface area contributed by atoms with Gasteiger partial charge in [0.1, 0.15) is 0 Å². The zero-order valence-corrected chi connectivity index (χ0v) is 19.0. The molecule has 0 radical (unpaired) electrons. The largest absolute Gasteiger partial charge is 0.463 e. The average molecular weight is 427 g/mol. The minimum atomic E-state index is -0.414. The minimum Gasteiger partial charge on any atom is -0.463 e. The SMILES string of the molecule is CC(C)OC(=O)CCCC=CC[C@H]1[C@@H](CO)C[C@@H]1C=C[C@@H](O)C1Cc2ccccc2C1. The van der Waals surface area contributed by atoms with Crippen molar-refractivity contribution in [2.75, 3.05) is 6.61 Å². The number of aliphatic hydroxyl groups is 2. The minimum absolute atomic E-state index is 0.0513. The standard InChI is InChI=1S/C27H38O4/c1-19(2)31-27(30)12-6-4-3-5-11-25-22(17-24(25)18-28)13-14-26(29)23-15-20-9-7-8-10-21(20)16-23/h3,5,7-10,13-14,19,22-26,28-29H,4,6,11-12,15-18H2,1-2H3/t22-,24+,25+,26+/m0/s1. The van der Waals surface area contributed by atoms with Crippen LogP contribution >= 0.6 is 0 Å². The van der Waals surface area contributed by atoms with Crippen LogP contribution in [-0.2, 0) is 22.4 Å². The van der Waals surface area contributed by atoms with Crippen LogP contribution in [0.15, 0.2) is 48.6 Å². The molecule has 0 aliphatic heterocycles. The lowest BCUT2D eigenvalue weighted by Crippen LogP contribution is -2.37. The van der Waals surface area contributed by atoms with Crippen molar-refractivity contribution in [1.82, 2.24) is 0 Å². The Bertz CT molecular complexity index is 741. The Balaban J connectivity index is 1.40. The average Bonchev–Trinajstić information content (AvgIpc) is 3.16. The lowest BCUT2D eigenvalue weighted by atomic mass is 9.63.